The number of benzene rings is 2. The van der Waals surface area contributed by atoms with Crippen LogP contribution in [0.2, 0.25) is 5.02 Å². The molecule has 0 bridgehead atoms. The summed E-state index contributed by atoms with van der Waals surface area (Å²) >= 11 is 5.75. The third-order valence-electron chi connectivity index (χ3n) is 2.91. The van der Waals surface area contributed by atoms with Crippen LogP contribution in [0.3, 0.4) is 0 Å². The van der Waals surface area contributed by atoms with Crippen molar-refractivity contribution in [2.24, 2.45) is 0 Å². The Morgan fingerprint density at radius 1 is 1.30 bits per heavy atom. The van der Waals surface area contributed by atoms with Crippen LogP contribution in [0.25, 0.3) is 0 Å². The van der Waals surface area contributed by atoms with Gasteiger partial charge in [-0.3, -0.25) is 10.1 Å². The van der Waals surface area contributed by atoms with Crippen molar-refractivity contribution < 1.29 is 9.31 Å². The molecular formula is C14H12ClFN2O2. The molecule has 0 saturated heterocycles. The monoisotopic (exact) mass is 294 g/mol. The molecule has 6 heteroatoms. The summed E-state index contributed by atoms with van der Waals surface area (Å²) in [5.74, 6) is -0.358. The minimum Gasteiger partial charge on any atom is -0.380 e. The molecule has 0 saturated carbocycles. The van der Waals surface area contributed by atoms with E-state index in [0.29, 0.717) is 16.3 Å². The second-order valence-corrected chi connectivity index (χ2v) is 4.78. The number of nitro benzene ring substituents is 1. The zero-order valence-electron chi connectivity index (χ0n) is 10.7. The average molecular weight is 295 g/mol. The van der Waals surface area contributed by atoms with Gasteiger partial charge in [0.15, 0.2) is 0 Å². The fraction of sp³-hybridized carbons (Fsp3) is 0.143. The molecule has 0 amide bonds. The number of anilines is 1. The Hall–Kier alpha value is -2.14. The van der Waals surface area contributed by atoms with Crippen molar-refractivity contribution in [3.05, 3.63) is 68.5 Å². The number of hydrogen-bond acceptors (Lipinski definition) is 3. The van der Waals surface area contributed by atoms with Gasteiger partial charge in [0, 0.05) is 28.9 Å². The lowest BCUT2D eigenvalue weighted by atomic mass is 10.1. The summed E-state index contributed by atoms with van der Waals surface area (Å²) in [6, 6.07) is 8.85. The Bertz CT molecular complexity index is 662. The lowest BCUT2D eigenvalue weighted by Crippen LogP contribution is -2.04. The van der Waals surface area contributed by atoms with Crippen LogP contribution in [0.1, 0.15) is 11.1 Å². The Kier molecular flexibility index (Phi) is 4.20. The van der Waals surface area contributed by atoms with E-state index < -0.39 is 4.92 Å². The largest absolute Gasteiger partial charge is 0.380 e. The van der Waals surface area contributed by atoms with Crippen molar-refractivity contribution in [3.8, 4) is 0 Å². The Morgan fingerprint density at radius 3 is 2.75 bits per heavy atom. The topological polar surface area (TPSA) is 55.2 Å². The molecule has 0 aliphatic carbocycles. The molecule has 104 valence electrons. The molecule has 0 aromatic heterocycles. The number of halogens is 2. The Balaban J connectivity index is 2.23. The predicted octanol–water partition coefficient (Wildman–Crippen LogP) is 4.31. The van der Waals surface area contributed by atoms with Crippen molar-refractivity contribution in [1.29, 1.82) is 0 Å². The summed E-state index contributed by atoms with van der Waals surface area (Å²) in [5, 5.41) is 14.3. The summed E-state index contributed by atoms with van der Waals surface area (Å²) in [6.07, 6.45) is 0. The van der Waals surface area contributed by atoms with Gasteiger partial charge in [-0.1, -0.05) is 17.7 Å². The lowest BCUT2D eigenvalue weighted by molar-refractivity contribution is -0.385. The van der Waals surface area contributed by atoms with Gasteiger partial charge in [0.1, 0.15) is 5.82 Å². The van der Waals surface area contributed by atoms with E-state index in [1.54, 1.807) is 18.2 Å². The minimum atomic E-state index is -0.485. The molecule has 2 aromatic carbocycles. The maximum Gasteiger partial charge on any atom is 0.275 e. The van der Waals surface area contributed by atoms with Crippen molar-refractivity contribution in [3.63, 3.8) is 0 Å². The van der Waals surface area contributed by atoms with Gasteiger partial charge in [0.05, 0.1) is 4.92 Å². The highest BCUT2D eigenvalue weighted by atomic mass is 35.5. The number of nitrogens with zero attached hydrogens (tertiary/aromatic N) is 1. The Morgan fingerprint density at radius 2 is 2.05 bits per heavy atom. The van der Waals surface area contributed by atoms with E-state index in [2.05, 4.69) is 5.32 Å². The van der Waals surface area contributed by atoms with Gasteiger partial charge in [0.2, 0.25) is 0 Å². The van der Waals surface area contributed by atoms with Gasteiger partial charge in [-0.25, -0.2) is 4.39 Å². The van der Waals surface area contributed by atoms with E-state index in [1.807, 2.05) is 6.92 Å². The van der Waals surface area contributed by atoms with Gasteiger partial charge in [-0.15, -0.1) is 0 Å². The van der Waals surface area contributed by atoms with E-state index in [0.717, 1.165) is 5.56 Å². The summed E-state index contributed by atoms with van der Waals surface area (Å²) in [6.45, 7) is 2.05. The fourth-order valence-electron chi connectivity index (χ4n) is 1.83. The first-order valence-electron chi connectivity index (χ1n) is 5.90. The van der Waals surface area contributed by atoms with Crippen molar-refractivity contribution in [1.82, 2.24) is 0 Å². The maximum atomic E-state index is 13.2. The molecule has 0 aliphatic rings. The molecule has 0 fully saturated rings. The Labute approximate surface area is 120 Å². The summed E-state index contributed by atoms with van der Waals surface area (Å²) in [5.41, 5.74) is 1.90. The first-order chi connectivity index (χ1) is 9.47. The highest BCUT2D eigenvalue weighted by Gasteiger charge is 2.14. The molecule has 0 aliphatic heterocycles. The van der Waals surface area contributed by atoms with Crippen LogP contribution in [-0.4, -0.2) is 4.92 Å². The fourth-order valence-corrected chi connectivity index (χ4v) is 2.00. The number of nitro groups is 1. The van der Waals surface area contributed by atoms with Gasteiger partial charge in [-0.2, -0.15) is 0 Å². The van der Waals surface area contributed by atoms with E-state index in [4.69, 9.17) is 11.6 Å². The molecule has 2 aromatic rings. The maximum absolute atomic E-state index is 13.2. The second-order valence-electron chi connectivity index (χ2n) is 4.34. The van der Waals surface area contributed by atoms with Crippen LogP contribution < -0.4 is 5.32 Å². The summed E-state index contributed by atoms with van der Waals surface area (Å²) in [4.78, 5) is 10.5. The third kappa shape index (κ3) is 3.24. The van der Waals surface area contributed by atoms with Crippen molar-refractivity contribution in [2.75, 3.05) is 5.32 Å². The van der Waals surface area contributed by atoms with Gasteiger partial charge in [0.25, 0.3) is 5.69 Å². The van der Waals surface area contributed by atoms with Gasteiger partial charge < -0.3 is 5.32 Å². The van der Waals surface area contributed by atoms with Crippen LogP contribution in [0.15, 0.2) is 36.4 Å². The first kappa shape index (κ1) is 14.3. The van der Waals surface area contributed by atoms with Gasteiger partial charge >= 0.3 is 0 Å². The molecular weight excluding hydrogens is 283 g/mol. The van der Waals surface area contributed by atoms with E-state index in [1.165, 1.54) is 18.2 Å². The molecule has 4 nitrogen and oxygen atoms in total. The number of hydrogen-bond donors (Lipinski definition) is 1. The van der Waals surface area contributed by atoms with Gasteiger partial charge in [-0.05, 0) is 36.8 Å². The van der Waals surface area contributed by atoms with Crippen molar-refractivity contribution >= 4 is 23.0 Å². The average Bonchev–Trinajstić information content (AvgIpc) is 2.40. The molecule has 20 heavy (non-hydrogen) atoms. The standard InChI is InChI=1S/C14H12ClFN2O2/c1-9-2-5-12(16)7-13(9)17-8-10-3-4-11(15)6-14(10)18(19)20/h2-7,17H,8H2,1H3. The van der Waals surface area contributed by atoms with Crippen LogP contribution in [0.5, 0.6) is 0 Å². The highest BCUT2D eigenvalue weighted by molar-refractivity contribution is 6.30. The molecule has 1 N–H and O–H groups in total. The zero-order valence-corrected chi connectivity index (χ0v) is 11.4. The van der Waals surface area contributed by atoms with Crippen LogP contribution in [0.4, 0.5) is 15.8 Å². The molecule has 0 spiro atoms. The normalized spacial score (nSPS) is 10.3. The smallest absolute Gasteiger partial charge is 0.275 e. The van der Waals surface area contributed by atoms with Crippen LogP contribution in [-0.2, 0) is 6.54 Å². The molecule has 2 rings (SSSR count). The molecule has 0 heterocycles. The number of nitrogens with one attached hydrogen (secondary N) is 1. The zero-order chi connectivity index (χ0) is 14.7. The minimum absolute atomic E-state index is 0.0564. The second kappa shape index (κ2) is 5.88. The van der Waals surface area contributed by atoms with E-state index >= 15 is 0 Å². The quantitative estimate of drug-likeness (QED) is 0.675. The third-order valence-corrected chi connectivity index (χ3v) is 3.15. The summed E-state index contributed by atoms with van der Waals surface area (Å²) in [7, 11) is 0. The predicted molar refractivity (Wildman–Crippen MR) is 76.6 cm³/mol. The molecule has 0 atom stereocenters. The number of rotatable bonds is 4. The van der Waals surface area contributed by atoms with Crippen molar-refractivity contribution in [2.45, 2.75) is 13.5 Å². The molecule has 0 radical (unpaired) electrons. The molecule has 0 unspecified atom stereocenters. The van der Waals surface area contributed by atoms with E-state index in [9.17, 15) is 14.5 Å². The SMILES string of the molecule is Cc1ccc(F)cc1NCc1ccc(Cl)cc1[N+](=O)[O-]. The lowest BCUT2D eigenvalue weighted by Gasteiger charge is -2.10. The summed E-state index contributed by atoms with van der Waals surface area (Å²) < 4.78 is 13.2. The first-order valence-corrected chi connectivity index (χ1v) is 6.28. The highest BCUT2D eigenvalue weighted by Crippen LogP contribution is 2.25. The van der Waals surface area contributed by atoms with Crippen LogP contribution >= 0.6 is 11.6 Å². The van der Waals surface area contributed by atoms with E-state index in [-0.39, 0.29) is 18.0 Å². The van der Waals surface area contributed by atoms with Crippen LogP contribution in [0, 0.1) is 22.9 Å². The number of aryl methyl sites for hydroxylation is 1.